The van der Waals surface area contributed by atoms with E-state index in [9.17, 15) is 0 Å². The zero-order valence-electron chi connectivity index (χ0n) is 8.65. The van der Waals surface area contributed by atoms with Gasteiger partial charge in [-0.15, -0.1) is 0 Å². The van der Waals surface area contributed by atoms with Gasteiger partial charge in [-0.2, -0.15) is 5.26 Å². The molecule has 2 heterocycles. The fourth-order valence-electron chi connectivity index (χ4n) is 1.96. The summed E-state index contributed by atoms with van der Waals surface area (Å²) in [4.78, 5) is 4.42. The number of pyridine rings is 1. The molecule has 2 aromatic rings. The van der Waals surface area contributed by atoms with E-state index in [4.69, 9.17) is 5.26 Å². The molecule has 0 aromatic carbocycles. The van der Waals surface area contributed by atoms with E-state index in [0.29, 0.717) is 11.5 Å². The maximum atomic E-state index is 9.13. The molecule has 0 bridgehead atoms. The van der Waals surface area contributed by atoms with Crippen LogP contribution in [0.3, 0.4) is 0 Å². The first-order valence-electron chi connectivity index (χ1n) is 5.29. The number of alkyl halides is 1. The van der Waals surface area contributed by atoms with Gasteiger partial charge >= 0.3 is 0 Å². The number of halogens is 1. The number of hydrogen-bond acceptors (Lipinski definition) is 2. The Kier molecular flexibility index (Phi) is 2.22. The molecule has 80 valence electrons. The molecule has 0 spiro atoms. The number of rotatable bonds is 2. The average molecular weight is 276 g/mol. The topological polar surface area (TPSA) is 41.1 Å². The number of fused-ring (bicyclic) bond motifs is 1. The van der Waals surface area contributed by atoms with E-state index in [1.165, 1.54) is 18.4 Å². The van der Waals surface area contributed by atoms with Crippen molar-refractivity contribution in [2.45, 2.75) is 24.1 Å². The van der Waals surface area contributed by atoms with Crippen molar-refractivity contribution in [3.63, 3.8) is 0 Å². The summed E-state index contributed by atoms with van der Waals surface area (Å²) in [5.41, 5.74) is 3.67. The van der Waals surface area contributed by atoms with Crippen molar-refractivity contribution in [2.75, 3.05) is 0 Å². The summed E-state index contributed by atoms with van der Waals surface area (Å²) >= 11 is 3.38. The molecule has 1 saturated carbocycles. The lowest BCUT2D eigenvalue weighted by Crippen LogP contribution is -1.92. The molecule has 4 heteroatoms. The van der Waals surface area contributed by atoms with Crippen LogP contribution in [0.2, 0.25) is 0 Å². The van der Waals surface area contributed by atoms with E-state index in [2.05, 4.69) is 33.2 Å². The molecule has 16 heavy (non-hydrogen) atoms. The normalized spacial score (nSPS) is 15.2. The molecule has 0 radical (unpaired) electrons. The van der Waals surface area contributed by atoms with E-state index < -0.39 is 0 Å². The maximum Gasteiger partial charge on any atom is 0.155 e. The molecule has 1 aliphatic rings. The monoisotopic (exact) mass is 275 g/mol. The van der Waals surface area contributed by atoms with Crippen molar-refractivity contribution in [3.8, 4) is 6.07 Å². The van der Waals surface area contributed by atoms with E-state index in [0.717, 1.165) is 16.7 Å². The predicted octanol–water partition coefficient (Wildman–Crippen LogP) is 2.98. The summed E-state index contributed by atoms with van der Waals surface area (Å²) in [7, 11) is 0. The Morgan fingerprint density at radius 1 is 1.50 bits per heavy atom. The maximum absolute atomic E-state index is 9.13. The van der Waals surface area contributed by atoms with Crippen LogP contribution in [0.4, 0.5) is 0 Å². The fraction of sp³-hybridized carbons (Fsp3) is 0.333. The lowest BCUT2D eigenvalue weighted by molar-refractivity contribution is 1.05. The molecule has 0 saturated heterocycles. The highest BCUT2D eigenvalue weighted by atomic mass is 79.9. The van der Waals surface area contributed by atoms with Crippen LogP contribution in [0.25, 0.3) is 5.65 Å². The quantitative estimate of drug-likeness (QED) is 0.791. The Balaban J connectivity index is 2.24. The van der Waals surface area contributed by atoms with Crippen LogP contribution >= 0.6 is 15.9 Å². The third-order valence-electron chi connectivity index (χ3n) is 2.93. The molecule has 1 aliphatic carbocycles. The van der Waals surface area contributed by atoms with Gasteiger partial charge in [0.05, 0.1) is 11.3 Å². The molecule has 3 nitrogen and oxygen atoms in total. The van der Waals surface area contributed by atoms with Gasteiger partial charge in [-0.3, -0.25) is 0 Å². The third-order valence-corrected chi connectivity index (χ3v) is 3.50. The second kappa shape index (κ2) is 3.60. The lowest BCUT2D eigenvalue weighted by Gasteiger charge is -2.01. The second-order valence-corrected chi connectivity index (χ2v) is 4.73. The largest absolute Gasteiger partial charge is 0.305 e. The highest BCUT2D eigenvalue weighted by Crippen LogP contribution is 2.40. The summed E-state index contributed by atoms with van der Waals surface area (Å²) in [6.07, 6.45) is 6.58. The van der Waals surface area contributed by atoms with Gasteiger partial charge < -0.3 is 4.40 Å². The molecule has 0 aliphatic heterocycles. The Hall–Kier alpha value is -1.34. The molecule has 0 N–H and O–H groups in total. The summed E-state index contributed by atoms with van der Waals surface area (Å²) in [6, 6.07) is 4.22. The first kappa shape index (κ1) is 9.86. The summed E-state index contributed by atoms with van der Waals surface area (Å²) in [5.74, 6) is 0.659. The van der Waals surface area contributed by atoms with Crippen LogP contribution < -0.4 is 0 Å². The molecule has 3 rings (SSSR count). The van der Waals surface area contributed by atoms with Crippen molar-refractivity contribution in [3.05, 3.63) is 35.3 Å². The van der Waals surface area contributed by atoms with Crippen molar-refractivity contribution in [2.24, 2.45) is 0 Å². The van der Waals surface area contributed by atoms with Crippen molar-refractivity contribution in [1.82, 2.24) is 9.38 Å². The Morgan fingerprint density at radius 2 is 2.31 bits per heavy atom. The van der Waals surface area contributed by atoms with Crippen molar-refractivity contribution in [1.29, 1.82) is 5.26 Å². The van der Waals surface area contributed by atoms with Crippen LogP contribution in [0.15, 0.2) is 18.5 Å². The number of aromatic nitrogens is 2. The standard InChI is InChI=1S/C12H10BrN3/c13-4-11-7-16-6-10(8-1-2-8)3-9(5-14)12(16)15-11/h3,6-8H,1-2,4H2. The third kappa shape index (κ3) is 1.52. The first-order valence-corrected chi connectivity index (χ1v) is 6.41. The smallest absolute Gasteiger partial charge is 0.155 e. The molecule has 0 amide bonds. The summed E-state index contributed by atoms with van der Waals surface area (Å²) < 4.78 is 1.98. The average Bonchev–Trinajstić information content (AvgIpc) is 3.07. The number of hydrogen-bond donors (Lipinski definition) is 0. The van der Waals surface area contributed by atoms with Crippen LogP contribution in [0.5, 0.6) is 0 Å². The zero-order valence-corrected chi connectivity index (χ0v) is 10.2. The van der Waals surface area contributed by atoms with Gasteiger partial charge in [0, 0.05) is 17.7 Å². The van der Waals surface area contributed by atoms with Gasteiger partial charge in [0.25, 0.3) is 0 Å². The lowest BCUT2D eigenvalue weighted by atomic mass is 10.1. The minimum Gasteiger partial charge on any atom is -0.305 e. The molecule has 0 atom stereocenters. The molecular weight excluding hydrogens is 266 g/mol. The van der Waals surface area contributed by atoms with Gasteiger partial charge in [0.1, 0.15) is 6.07 Å². The molecule has 1 fully saturated rings. The van der Waals surface area contributed by atoms with Gasteiger partial charge in [0.15, 0.2) is 5.65 Å². The minimum atomic E-state index is 0.659. The summed E-state index contributed by atoms with van der Waals surface area (Å²) in [5, 5.41) is 9.85. The highest BCUT2D eigenvalue weighted by molar-refractivity contribution is 9.08. The SMILES string of the molecule is N#Cc1cc(C2CC2)cn2cc(CBr)nc12. The van der Waals surface area contributed by atoms with Crippen LogP contribution in [0.1, 0.15) is 35.6 Å². The number of nitriles is 1. The predicted molar refractivity (Wildman–Crippen MR) is 64.5 cm³/mol. The van der Waals surface area contributed by atoms with E-state index >= 15 is 0 Å². The minimum absolute atomic E-state index is 0.659. The Labute approximate surface area is 102 Å². The molecule has 0 unspecified atom stereocenters. The Morgan fingerprint density at radius 3 is 2.94 bits per heavy atom. The Bertz CT molecular complexity index is 590. The zero-order chi connectivity index (χ0) is 11.1. The second-order valence-electron chi connectivity index (χ2n) is 4.17. The fourth-order valence-corrected chi connectivity index (χ4v) is 2.23. The van der Waals surface area contributed by atoms with Crippen LogP contribution in [-0.2, 0) is 5.33 Å². The first-order chi connectivity index (χ1) is 7.81. The van der Waals surface area contributed by atoms with Gasteiger partial charge in [0.2, 0.25) is 0 Å². The summed E-state index contributed by atoms with van der Waals surface area (Å²) in [6.45, 7) is 0. The van der Waals surface area contributed by atoms with Gasteiger partial charge in [-0.05, 0) is 30.4 Å². The highest BCUT2D eigenvalue weighted by Gasteiger charge is 2.25. The van der Waals surface area contributed by atoms with Crippen molar-refractivity contribution < 1.29 is 0 Å². The van der Waals surface area contributed by atoms with E-state index in [1.807, 2.05) is 16.7 Å². The van der Waals surface area contributed by atoms with E-state index in [-0.39, 0.29) is 0 Å². The van der Waals surface area contributed by atoms with Gasteiger partial charge in [-0.25, -0.2) is 4.98 Å². The van der Waals surface area contributed by atoms with Gasteiger partial charge in [-0.1, -0.05) is 15.9 Å². The van der Waals surface area contributed by atoms with Crippen molar-refractivity contribution >= 4 is 21.6 Å². The van der Waals surface area contributed by atoms with Crippen LogP contribution in [-0.4, -0.2) is 9.38 Å². The number of nitrogens with zero attached hydrogens (tertiary/aromatic N) is 3. The van der Waals surface area contributed by atoms with E-state index in [1.54, 1.807) is 0 Å². The molecule has 2 aromatic heterocycles. The van der Waals surface area contributed by atoms with Crippen LogP contribution in [0, 0.1) is 11.3 Å². The number of imidazole rings is 1. The molecular formula is C12H10BrN3.